The third-order valence-electron chi connectivity index (χ3n) is 5.57. The first-order valence-corrected chi connectivity index (χ1v) is 11.4. The molecule has 0 radical (unpaired) electrons. The zero-order valence-electron chi connectivity index (χ0n) is 17.7. The van der Waals surface area contributed by atoms with Crippen molar-refractivity contribution in [2.45, 2.75) is 44.6 Å². The number of hydrogen-bond donors (Lipinski definition) is 2. The van der Waals surface area contributed by atoms with Crippen LogP contribution in [-0.4, -0.2) is 43.0 Å². The minimum absolute atomic E-state index is 0.00255. The van der Waals surface area contributed by atoms with Gasteiger partial charge in [-0.25, -0.2) is 8.42 Å². The normalized spacial score (nSPS) is 18.6. The molecular weight excluding hydrogens is 434 g/mol. The first kappa shape index (κ1) is 21.7. The van der Waals surface area contributed by atoms with Crippen molar-refractivity contribution < 1.29 is 27.6 Å². The topological polar surface area (TPSA) is 130 Å². The standard InChI is InChI=1S/C22H21N3O6S/c1-11-8-12(2)19(13(3)9-11)32(30,31)24-14-4-5-15-16(10-14)22(29)25(21(15)28)17-6-7-18(26)23-20(17)27/h4-5,8-10,17,24H,6-7H2,1-3H3,(H,23,26,27). The Morgan fingerprint density at radius 3 is 2.19 bits per heavy atom. The van der Waals surface area contributed by atoms with Crippen LogP contribution in [0.15, 0.2) is 35.2 Å². The molecule has 4 amide bonds. The second kappa shape index (κ2) is 7.56. The maximum absolute atomic E-state index is 13.0. The van der Waals surface area contributed by atoms with Crippen molar-refractivity contribution in [1.82, 2.24) is 10.2 Å². The Morgan fingerprint density at radius 2 is 1.56 bits per heavy atom. The van der Waals surface area contributed by atoms with Gasteiger partial charge >= 0.3 is 0 Å². The van der Waals surface area contributed by atoms with E-state index in [9.17, 15) is 27.6 Å². The lowest BCUT2D eigenvalue weighted by Gasteiger charge is -2.27. The van der Waals surface area contributed by atoms with Crippen LogP contribution in [-0.2, 0) is 19.6 Å². The van der Waals surface area contributed by atoms with E-state index in [0.29, 0.717) is 11.1 Å². The minimum Gasteiger partial charge on any atom is -0.295 e. The van der Waals surface area contributed by atoms with Crippen molar-refractivity contribution in [3.8, 4) is 0 Å². The molecule has 0 bridgehead atoms. The first-order valence-electron chi connectivity index (χ1n) is 9.96. The van der Waals surface area contributed by atoms with Gasteiger partial charge < -0.3 is 0 Å². The lowest BCUT2D eigenvalue weighted by Crippen LogP contribution is -2.54. The number of sulfonamides is 1. The van der Waals surface area contributed by atoms with Gasteiger partial charge in [0.1, 0.15) is 6.04 Å². The average Bonchev–Trinajstić information content (AvgIpc) is 2.91. The van der Waals surface area contributed by atoms with Crippen LogP contribution in [0.5, 0.6) is 0 Å². The van der Waals surface area contributed by atoms with Crippen molar-refractivity contribution in [2.75, 3.05) is 4.72 Å². The molecule has 0 saturated carbocycles. The molecule has 2 heterocycles. The highest BCUT2D eigenvalue weighted by molar-refractivity contribution is 7.92. The quantitative estimate of drug-likeness (QED) is 0.677. The average molecular weight is 455 g/mol. The Bertz CT molecular complexity index is 1290. The van der Waals surface area contributed by atoms with Gasteiger partial charge in [-0.15, -0.1) is 0 Å². The molecule has 32 heavy (non-hydrogen) atoms. The van der Waals surface area contributed by atoms with Crippen molar-refractivity contribution in [2.24, 2.45) is 0 Å². The van der Waals surface area contributed by atoms with Gasteiger partial charge in [-0.3, -0.25) is 34.1 Å². The highest BCUT2D eigenvalue weighted by atomic mass is 32.2. The van der Waals surface area contributed by atoms with Gasteiger partial charge in [-0.2, -0.15) is 0 Å². The van der Waals surface area contributed by atoms with Gasteiger partial charge in [0, 0.05) is 12.1 Å². The molecule has 166 valence electrons. The summed E-state index contributed by atoms with van der Waals surface area (Å²) in [6.45, 7) is 5.29. The minimum atomic E-state index is -3.95. The Balaban J connectivity index is 1.65. The van der Waals surface area contributed by atoms with E-state index in [1.54, 1.807) is 26.0 Å². The number of hydrogen-bond acceptors (Lipinski definition) is 6. The predicted octanol–water partition coefficient (Wildman–Crippen LogP) is 1.81. The fourth-order valence-electron chi connectivity index (χ4n) is 4.33. The number of aryl methyl sites for hydroxylation is 3. The van der Waals surface area contributed by atoms with E-state index in [0.717, 1.165) is 10.5 Å². The van der Waals surface area contributed by atoms with Crippen LogP contribution in [0, 0.1) is 20.8 Å². The van der Waals surface area contributed by atoms with Crippen molar-refractivity contribution in [3.05, 3.63) is 58.1 Å². The lowest BCUT2D eigenvalue weighted by atomic mass is 10.0. The number of carbonyl (C=O) groups is 4. The monoisotopic (exact) mass is 455 g/mol. The molecule has 1 saturated heterocycles. The molecule has 0 spiro atoms. The molecule has 10 heteroatoms. The summed E-state index contributed by atoms with van der Waals surface area (Å²) in [6, 6.07) is 6.49. The Morgan fingerprint density at radius 1 is 0.938 bits per heavy atom. The molecule has 1 unspecified atom stereocenters. The Labute approximate surface area is 184 Å². The largest absolute Gasteiger partial charge is 0.295 e. The van der Waals surface area contributed by atoms with Crippen molar-refractivity contribution in [3.63, 3.8) is 0 Å². The fourth-order valence-corrected chi connectivity index (χ4v) is 5.84. The number of anilines is 1. The van der Waals surface area contributed by atoms with Crippen LogP contribution < -0.4 is 10.0 Å². The number of imide groups is 2. The molecule has 0 aromatic heterocycles. The molecule has 2 aliphatic rings. The summed E-state index contributed by atoms with van der Waals surface area (Å²) < 4.78 is 28.5. The zero-order valence-corrected chi connectivity index (χ0v) is 18.5. The van der Waals surface area contributed by atoms with Crippen LogP contribution in [0.25, 0.3) is 0 Å². The van der Waals surface area contributed by atoms with Crippen LogP contribution in [0.1, 0.15) is 50.2 Å². The molecular formula is C22H21N3O6S. The maximum Gasteiger partial charge on any atom is 0.262 e. The van der Waals surface area contributed by atoms with E-state index in [-0.39, 0.29) is 34.6 Å². The third-order valence-corrected chi connectivity index (χ3v) is 7.25. The fraction of sp³-hybridized carbons (Fsp3) is 0.273. The molecule has 2 N–H and O–H groups in total. The second-order valence-corrected chi connectivity index (χ2v) is 9.66. The smallest absolute Gasteiger partial charge is 0.262 e. The first-order chi connectivity index (χ1) is 15.0. The van der Waals surface area contributed by atoms with Crippen molar-refractivity contribution in [1.29, 1.82) is 0 Å². The lowest BCUT2D eigenvalue weighted by molar-refractivity contribution is -0.136. The predicted molar refractivity (Wildman–Crippen MR) is 115 cm³/mol. The van der Waals surface area contributed by atoms with Crippen LogP contribution in [0.4, 0.5) is 5.69 Å². The van der Waals surface area contributed by atoms with E-state index in [1.165, 1.54) is 18.2 Å². The number of nitrogens with one attached hydrogen (secondary N) is 2. The molecule has 2 aromatic rings. The molecule has 9 nitrogen and oxygen atoms in total. The summed E-state index contributed by atoms with van der Waals surface area (Å²) in [5.74, 6) is -2.52. The zero-order chi connectivity index (χ0) is 23.4. The second-order valence-electron chi connectivity index (χ2n) is 8.04. The van der Waals surface area contributed by atoms with Gasteiger partial charge in [-0.1, -0.05) is 17.7 Å². The summed E-state index contributed by atoms with van der Waals surface area (Å²) in [5, 5.41) is 2.13. The van der Waals surface area contributed by atoms with Crippen LogP contribution in [0.3, 0.4) is 0 Å². The van der Waals surface area contributed by atoms with Crippen molar-refractivity contribution >= 4 is 39.3 Å². The van der Waals surface area contributed by atoms with Crippen LogP contribution in [0.2, 0.25) is 0 Å². The number of carbonyl (C=O) groups excluding carboxylic acids is 4. The third kappa shape index (κ3) is 3.56. The summed E-state index contributed by atoms with van der Waals surface area (Å²) >= 11 is 0. The molecule has 2 aromatic carbocycles. The van der Waals surface area contributed by atoms with E-state index >= 15 is 0 Å². The van der Waals surface area contributed by atoms with E-state index in [2.05, 4.69) is 10.0 Å². The van der Waals surface area contributed by atoms with Gasteiger partial charge in [-0.05, 0) is 56.5 Å². The summed E-state index contributed by atoms with van der Waals surface area (Å²) in [5.41, 5.74) is 2.31. The molecule has 1 fully saturated rings. The maximum atomic E-state index is 13.0. The van der Waals surface area contributed by atoms with Gasteiger partial charge in [0.05, 0.1) is 16.0 Å². The van der Waals surface area contributed by atoms with Crippen LogP contribution >= 0.6 is 0 Å². The Hall–Kier alpha value is -3.53. The number of fused-ring (bicyclic) bond motifs is 1. The highest BCUT2D eigenvalue weighted by Crippen LogP contribution is 2.31. The number of piperidine rings is 1. The van der Waals surface area contributed by atoms with E-state index in [1.807, 2.05) is 6.92 Å². The van der Waals surface area contributed by atoms with E-state index in [4.69, 9.17) is 0 Å². The summed E-state index contributed by atoms with van der Waals surface area (Å²) in [7, 11) is -3.95. The van der Waals surface area contributed by atoms with Gasteiger partial charge in [0.2, 0.25) is 11.8 Å². The summed E-state index contributed by atoms with van der Waals surface area (Å²) in [4.78, 5) is 50.2. The molecule has 2 aliphatic heterocycles. The molecule has 1 atom stereocenters. The van der Waals surface area contributed by atoms with Gasteiger partial charge in [0.15, 0.2) is 0 Å². The SMILES string of the molecule is Cc1cc(C)c(S(=O)(=O)Nc2ccc3c(c2)C(=O)N(C2CCC(=O)NC2=O)C3=O)c(C)c1. The Kier molecular flexibility index (Phi) is 5.12. The number of benzene rings is 2. The highest BCUT2D eigenvalue weighted by Gasteiger charge is 2.44. The summed E-state index contributed by atoms with van der Waals surface area (Å²) in [6.07, 6.45) is 0.0612. The van der Waals surface area contributed by atoms with E-state index < -0.39 is 39.7 Å². The number of amides is 4. The van der Waals surface area contributed by atoms with Gasteiger partial charge in [0.25, 0.3) is 21.8 Å². The molecule has 4 rings (SSSR count). The molecule has 0 aliphatic carbocycles. The number of rotatable bonds is 4. The number of nitrogens with zero attached hydrogens (tertiary/aromatic N) is 1.